The number of carboxylic acids is 1. The Balaban J connectivity index is 2.44. The summed E-state index contributed by atoms with van der Waals surface area (Å²) in [5, 5.41) is 13.6. The second-order valence-electron chi connectivity index (χ2n) is 2.43. The summed E-state index contributed by atoms with van der Waals surface area (Å²) in [6, 6.07) is 0. The zero-order chi connectivity index (χ0) is 9.68. The van der Waals surface area contributed by atoms with Crippen molar-refractivity contribution in [1.29, 1.82) is 0 Å². The lowest BCUT2D eigenvalue weighted by molar-refractivity contribution is -0.134. The van der Waals surface area contributed by atoms with Gasteiger partial charge in [-0.3, -0.25) is 4.79 Å². The van der Waals surface area contributed by atoms with Crippen LogP contribution in [0.5, 0.6) is 0 Å². The number of carbonyl (C=O) groups is 1. The summed E-state index contributed by atoms with van der Waals surface area (Å²) >= 11 is 1.39. The third-order valence-corrected chi connectivity index (χ3v) is 2.19. The van der Waals surface area contributed by atoms with E-state index in [2.05, 4.69) is 10.3 Å². The van der Waals surface area contributed by atoms with Gasteiger partial charge in [0, 0.05) is 11.8 Å². The molecule has 0 radical (unpaired) electrons. The molecule has 1 aromatic heterocycles. The third-order valence-electron chi connectivity index (χ3n) is 1.34. The molecule has 0 aromatic carbocycles. The van der Waals surface area contributed by atoms with E-state index < -0.39 is 5.97 Å². The number of thiazole rings is 1. The first-order chi connectivity index (χ1) is 6.22. The SMILES string of the molecule is NCCc1csc(NCC(=O)O)n1. The molecule has 0 saturated heterocycles. The molecule has 5 nitrogen and oxygen atoms in total. The van der Waals surface area contributed by atoms with Gasteiger partial charge in [-0.2, -0.15) is 0 Å². The smallest absolute Gasteiger partial charge is 0.322 e. The summed E-state index contributed by atoms with van der Waals surface area (Å²) in [4.78, 5) is 14.3. The Morgan fingerprint density at radius 1 is 1.77 bits per heavy atom. The van der Waals surface area contributed by atoms with Crippen molar-refractivity contribution in [2.45, 2.75) is 6.42 Å². The number of hydrogen-bond donors (Lipinski definition) is 3. The molecule has 1 rings (SSSR count). The van der Waals surface area contributed by atoms with E-state index in [9.17, 15) is 4.79 Å². The van der Waals surface area contributed by atoms with Crippen LogP contribution in [0.2, 0.25) is 0 Å². The molecule has 0 atom stereocenters. The lowest BCUT2D eigenvalue weighted by atomic mass is 10.3. The van der Waals surface area contributed by atoms with E-state index in [1.165, 1.54) is 11.3 Å². The fourth-order valence-electron chi connectivity index (χ4n) is 0.802. The van der Waals surface area contributed by atoms with Crippen molar-refractivity contribution in [2.24, 2.45) is 5.73 Å². The Bertz CT molecular complexity index is 287. The molecule has 0 fully saturated rings. The molecule has 0 aliphatic rings. The molecule has 13 heavy (non-hydrogen) atoms. The van der Waals surface area contributed by atoms with Crippen molar-refractivity contribution in [3.63, 3.8) is 0 Å². The Morgan fingerprint density at radius 2 is 2.54 bits per heavy atom. The number of nitrogens with two attached hydrogens (primary N) is 1. The van der Waals surface area contributed by atoms with Gasteiger partial charge in [0.15, 0.2) is 5.13 Å². The van der Waals surface area contributed by atoms with Crippen LogP contribution in [0.3, 0.4) is 0 Å². The summed E-state index contributed by atoms with van der Waals surface area (Å²) < 4.78 is 0. The van der Waals surface area contributed by atoms with E-state index in [-0.39, 0.29) is 6.54 Å². The fourth-order valence-corrected chi connectivity index (χ4v) is 1.55. The van der Waals surface area contributed by atoms with Crippen molar-refractivity contribution in [1.82, 2.24) is 4.98 Å². The van der Waals surface area contributed by atoms with E-state index >= 15 is 0 Å². The van der Waals surface area contributed by atoms with Gasteiger partial charge in [0.25, 0.3) is 0 Å². The lowest BCUT2D eigenvalue weighted by Gasteiger charge is -1.95. The second kappa shape index (κ2) is 4.78. The average Bonchev–Trinajstić information content (AvgIpc) is 2.50. The molecule has 0 aliphatic heterocycles. The molecule has 4 N–H and O–H groups in total. The Kier molecular flexibility index (Phi) is 3.66. The number of hydrogen-bond acceptors (Lipinski definition) is 5. The second-order valence-corrected chi connectivity index (χ2v) is 3.29. The maximum atomic E-state index is 10.2. The van der Waals surface area contributed by atoms with Crippen molar-refractivity contribution >= 4 is 22.4 Å². The van der Waals surface area contributed by atoms with E-state index in [1.807, 2.05) is 5.38 Å². The van der Waals surface area contributed by atoms with Crippen molar-refractivity contribution in [3.8, 4) is 0 Å². The topological polar surface area (TPSA) is 88.2 Å². The summed E-state index contributed by atoms with van der Waals surface area (Å²) in [7, 11) is 0. The maximum absolute atomic E-state index is 10.2. The van der Waals surface area contributed by atoms with Gasteiger partial charge in [0.2, 0.25) is 0 Å². The first-order valence-electron chi connectivity index (χ1n) is 3.82. The highest BCUT2D eigenvalue weighted by atomic mass is 32.1. The predicted octanol–water partition coefficient (Wildman–Crippen LogP) is 0.141. The van der Waals surface area contributed by atoms with Crippen LogP contribution in [0.4, 0.5) is 5.13 Å². The van der Waals surface area contributed by atoms with E-state index in [4.69, 9.17) is 10.8 Å². The minimum absolute atomic E-state index is 0.102. The molecule has 0 aliphatic carbocycles. The number of rotatable bonds is 5. The molecule has 1 aromatic rings. The molecular weight excluding hydrogens is 190 g/mol. The van der Waals surface area contributed by atoms with Crippen molar-refractivity contribution in [3.05, 3.63) is 11.1 Å². The summed E-state index contributed by atoms with van der Waals surface area (Å²) in [5.41, 5.74) is 6.25. The number of nitrogens with zero attached hydrogens (tertiary/aromatic N) is 1. The van der Waals surface area contributed by atoms with Crippen molar-refractivity contribution in [2.75, 3.05) is 18.4 Å². The van der Waals surface area contributed by atoms with Gasteiger partial charge in [-0.25, -0.2) is 4.98 Å². The highest BCUT2D eigenvalue weighted by Gasteiger charge is 2.02. The molecule has 0 unspecified atom stereocenters. The maximum Gasteiger partial charge on any atom is 0.322 e. The van der Waals surface area contributed by atoms with Gasteiger partial charge in [-0.1, -0.05) is 0 Å². The largest absolute Gasteiger partial charge is 0.480 e. The normalized spacial score (nSPS) is 9.92. The number of anilines is 1. The van der Waals surface area contributed by atoms with Gasteiger partial charge in [-0.05, 0) is 6.54 Å². The molecular formula is C7H11N3O2S. The monoisotopic (exact) mass is 201 g/mol. The van der Waals surface area contributed by atoms with Gasteiger partial charge in [-0.15, -0.1) is 11.3 Å². The van der Waals surface area contributed by atoms with Crippen LogP contribution in [0, 0.1) is 0 Å². The Hall–Kier alpha value is -1.14. The predicted molar refractivity (Wildman–Crippen MR) is 51.0 cm³/mol. The minimum Gasteiger partial charge on any atom is -0.480 e. The molecule has 1 heterocycles. The van der Waals surface area contributed by atoms with Gasteiger partial charge >= 0.3 is 5.97 Å². The average molecular weight is 201 g/mol. The van der Waals surface area contributed by atoms with Gasteiger partial charge in [0.05, 0.1) is 5.69 Å². The first-order valence-corrected chi connectivity index (χ1v) is 4.70. The van der Waals surface area contributed by atoms with Crippen LogP contribution in [-0.2, 0) is 11.2 Å². The van der Waals surface area contributed by atoms with Crippen molar-refractivity contribution < 1.29 is 9.90 Å². The Morgan fingerprint density at radius 3 is 3.15 bits per heavy atom. The first kappa shape index (κ1) is 9.94. The number of nitrogens with one attached hydrogen (secondary N) is 1. The minimum atomic E-state index is -0.893. The zero-order valence-electron chi connectivity index (χ0n) is 6.99. The lowest BCUT2D eigenvalue weighted by Crippen LogP contribution is -2.12. The number of aliphatic carboxylic acids is 1. The van der Waals surface area contributed by atoms with Crippen LogP contribution >= 0.6 is 11.3 Å². The van der Waals surface area contributed by atoms with E-state index in [0.717, 1.165) is 12.1 Å². The van der Waals surface area contributed by atoms with Crippen LogP contribution in [0.15, 0.2) is 5.38 Å². The number of aromatic nitrogens is 1. The standard InChI is InChI=1S/C7H11N3O2S/c8-2-1-5-4-13-7(10-5)9-3-6(11)12/h4H,1-3,8H2,(H,9,10)(H,11,12). The highest BCUT2D eigenvalue weighted by molar-refractivity contribution is 7.13. The highest BCUT2D eigenvalue weighted by Crippen LogP contribution is 2.14. The van der Waals surface area contributed by atoms with Gasteiger partial charge < -0.3 is 16.2 Å². The molecule has 0 bridgehead atoms. The zero-order valence-corrected chi connectivity index (χ0v) is 7.80. The van der Waals surface area contributed by atoms with Crippen LogP contribution in [0.1, 0.15) is 5.69 Å². The van der Waals surface area contributed by atoms with Crippen LogP contribution < -0.4 is 11.1 Å². The molecule has 6 heteroatoms. The third kappa shape index (κ3) is 3.39. The summed E-state index contributed by atoms with van der Waals surface area (Å²) in [6.45, 7) is 0.456. The fraction of sp³-hybridized carbons (Fsp3) is 0.429. The van der Waals surface area contributed by atoms with Gasteiger partial charge in [0.1, 0.15) is 6.54 Å². The molecule has 0 saturated carbocycles. The summed E-state index contributed by atoms with van der Waals surface area (Å²) in [6.07, 6.45) is 0.727. The van der Waals surface area contributed by atoms with Crippen LogP contribution in [-0.4, -0.2) is 29.1 Å². The van der Waals surface area contributed by atoms with Crippen LogP contribution in [0.25, 0.3) is 0 Å². The molecule has 72 valence electrons. The number of carboxylic acid groups (broad SMARTS) is 1. The Labute approximate surface area is 79.6 Å². The molecule has 0 amide bonds. The van der Waals surface area contributed by atoms with E-state index in [0.29, 0.717) is 11.7 Å². The summed E-state index contributed by atoms with van der Waals surface area (Å²) in [5.74, 6) is -0.893. The van der Waals surface area contributed by atoms with E-state index in [1.54, 1.807) is 0 Å². The quantitative estimate of drug-likeness (QED) is 0.630. The molecule has 0 spiro atoms.